The highest BCUT2D eigenvalue weighted by Gasteiger charge is 2.33. The van der Waals surface area contributed by atoms with Gasteiger partial charge in [0.1, 0.15) is 18.7 Å². The van der Waals surface area contributed by atoms with Gasteiger partial charge < -0.3 is 28.4 Å². The molecule has 0 radical (unpaired) electrons. The highest BCUT2D eigenvalue weighted by molar-refractivity contribution is 4.72. The summed E-state index contributed by atoms with van der Waals surface area (Å²) in [7, 11) is 9.66. The summed E-state index contributed by atoms with van der Waals surface area (Å²) in [6, 6.07) is 0. The molecule has 3 unspecified atom stereocenters. The number of nitrogens with zero attached hydrogens (tertiary/aromatic N) is 1. The van der Waals surface area contributed by atoms with E-state index in [1.807, 2.05) is 4.90 Å². The van der Waals surface area contributed by atoms with Crippen LogP contribution in [0.15, 0.2) is 0 Å². The van der Waals surface area contributed by atoms with Crippen LogP contribution >= 0.6 is 0 Å². The first-order chi connectivity index (χ1) is 9.19. The van der Waals surface area contributed by atoms with Crippen LogP contribution < -0.4 is 0 Å². The maximum absolute atomic E-state index is 5.44. The summed E-state index contributed by atoms with van der Waals surface area (Å²) in [5.74, 6) is 0. The molecule has 0 spiro atoms. The summed E-state index contributed by atoms with van der Waals surface area (Å²) in [5, 5.41) is 0. The van der Waals surface area contributed by atoms with Gasteiger partial charge in [0.2, 0.25) is 0 Å². The van der Waals surface area contributed by atoms with Gasteiger partial charge in [-0.1, -0.05) is 0 Å². The normalized spacial score (nSPS) is 16.6. The van der Waals surface area contributed by atoms with E-state index in [9.17, 15) is 0 Å². The van der Waals surface area contributed by atoms with Crippen LogP contribution in [0.2, 0.25) is 0 Å². The molecular formula is C12H27NO6. The largest absolute Gasteiger partial charge is 0.381 e. The molecule has 0 aliphatic carbocycles. The first-order valence-corrected chi connectivity index (χ1v) is 6.02. The fraction of sp³-hybridized carbons (Fsp3) is 1.00. The summed E-state index contributed by atoms with van der Waals surface area (Å²) >= 11 is 0. The minimum Gasteiger partial charge on any atom is -0.381 e. The van der Waals surface area contributed by atoms with Gasteiger partial charge in [-0.3, -0.25) is 0 Å². The van der Waals surface area contributed by atoms with Crippen molar-refractivity contribution >= 4 is 0 Å². The molecule has 0 fully saturated rings. The lowest BCUT2D eigenvalue weighted by Crippen LogP contribution is -2.56. The smallest absolute Gasteiger partial charge is 0.137 e. The van der Waals surface area contributed by atoms with Crippen molar-refractivity contribution in [3.8, 4) is 0 Å². The van der Waals surface area contributed by atoms with Crippen LogP contribution in [0, 0.1) is 0 Å². The van der Waals surface area contributed by atoms with Gasteiger partial charge in [-0.15, -0.1) is 0 Å². The number of rotatable bonds is 12. The Morgan fingerprint density at radius 2 is 0.842 bits per heavy atom. The minimum atomic E-state index is -0.329. The quantitative estimate of drug-likeness (QED) is 0.472. The van der Waals surface area contributed by atoms with Crippen molar-refractivity contribution in [1.82, 2.24) is 4.90 Å². The van der Waals surface area contributed by atoms with E-state index in [0.717, 1.165) is 0 Å². The number of methoxy groups -OCH3 is 6. The Hall–Kier alpha value is -0.280. The molecule has 116 valence electrons. The summed E-state index contributed by atoms with van der Waals surface area (Å²) in [5.41, 5.74) is 0. The van der Waals surface area contributed by atoms with Crippen molar-refractivity contribution in [2.75, 3.05) is 62.5 Å². The molecule has 0 saturated carbocycles. The van der Waals surface area contributed by atoms with E-state index in [2.05, 4.69) is 0 Å². The molecule has 0 aliphatic rings. The number of hydrogen-bond acceptors (Lipinski definition) is 7. The second kappa shape index (κ2) is 11.5. The summed E-state index contributed by atoms with van der Waals surface area (Å²) in [6.07, 6.45) is -0.986. The predicted octanol–water partition coefficient (Wildman–Crippen LogP) is 0.145. The van der Waals surface area contributed by atoms with Crippen molar-refractivity contribution in [1.29, 1.82) is 0 Å². The Balaban J connectivity index is 5.04. The van der Waals surface area contributed by atoms with E-state index < -0.39 is 0 Å². The number of ether oxygens (including phenoxy) is 6. The van der Waals surface area contributed by atoms with Crippen LogP contribution in [0.4, 0.5) is 0 Å². The molecule has 7 heteroatoms. The molecule has 3 atom stereocenters. The fourth-order valence-corrected chi connectivity index (χ4v) is 1.81. The van der Waals surface area contributed by atoms with Gasteiger partial charge in [-0.2, -0.15) is 0 Å². The molecular weight excluding hydrogens is 254 g/mol. The van der Waals surface area contributed by atoms with Crippen molar-refractivity contribution in [2.45, 2.75) is 18.7 Å². The molecule has 0 bridgehead atoms. The zero-order chi connectivity index (χ0) is 14.7. The molecule has 0 heterocycles. The second-order valence-corrected chi connectivity index (χ2v) is 3.88. The molecule has 7 nitrogen and oxygen atoms in total. The van der Waals surface area contributed by atoms with Crippen LogP contribution in [-0.2, 0) is 28.4 Å². The Bertz CT molecular complexity index is 173. The zero-order valence-corrected chi connectivity index (χ0v) is 12.8. The number of hydrogen-bond donors (Lipinski definition) is 0. The summed E-state index contributed by atoms with van der Waals surface area (Å²) in [6.45, 7) is 1.14. The first kappa shape index (κ1) is 18.7. The van der Waals surface area contributed by atoms with E-state index in [0.29, 0.717) is 19.8 Å². The molecule has 0 rings (SSSR count). The van der Waals surface area contributed by atoms with Gasteiger partial charge in [0, 0.05) is 42.7 Å². The fourth-order valence-electron chi connectivity index (χ4n) is 1.81. The van der Waals surface area contributed by atoms with E-state index in [-0.39, 0.29) is 18.7 Å². The first-order valence-electron chi connectivity index (χ1n) is 6.02. The summed E-state index contributed by atoms with van der Waals surface area (Å²) in [4.78, 5) is 1.89. The molecule has 0 aromatic heterocycles. The lowest BCUT2D eigenvalue weighted by molar-refractivity contribution is -0.234. The third kappa shape index (κ3) is 6.13. The molecule has 19 heavy (non-hydrogen) atoms. The molecule has 0 amide bonds. The van der Waals surface area contributed by atoms with Gasteiger partial charge in [-0.25, -0.2) is 4.90 Å². The van der Waals surface area contributed by atoms with Crippen molar-refractivity contribution in [3.05, 3.63) is 0 Å². The van der Waals surface area contributed by atoms with Gasteiger partial charge in [0.05, 0.1) is 19.8 Å². The van der Waals surface area contributed by atoms with Gasteiger partial charge >= 0.3 is 0 Å². The van der Waals surface area contributed by atoms with Crippen LogP contribution in [0.3, 0.4) is 0 Å². The Morgan fingerprint density at radius 1 is 0.579 bits per heavy atom. The standard InChI is InChI=1S/C12H27NO6/c1-14-7-10(17-4)13(11(18-5)8-15-2)12(19-6)9-16-3/h10-12H,7-9H2,1-6H3. The Kier molecular flexibility index (Phi) is 11.4. The third-order valence-corrected chi connectivity index (χ3v) is 2.74. The summed E-state index contributed by atoms with van der Waals surface area (Å²) < 4.78 is 31.8. The van der Waals surface area contributed by atoms with E-state index >= 15 is 0 Å². The molecule has 0 N–H and O–H groups in total. The highest BCUT2D eigenvalue weighted by atomic mass is 16.6. The van der Waals surface area contributed by atoms with Crippen molar-refractivity contribution in [3.63, 3.8) is 0 Å². The monoisotopic (exact) mass is 281 g/mol. The van der Waals surface area contributed by atoms with E-state index in [1.165, 1.54) is 0 Å². The lowest BCUT2D eigenvalue weighted by atomic mass is 10.3. The van der Waals surface area contributed by atoms with E-state index in [1.54, 1.807) is 42.7 Å². The van der Waals surface area contributed by atoms with Crippen LogP contribution in [-0.4, -0.2) is 86.1 Å². The Labute approximate surface area is 115 Å². The average molecular weight is 281 g/mol. The zero-order valence-electron chi connectivity index (χ0n) is 12.8. The highest BCUT2D eigenvalue weighted by Crippen LogP contribution is 2.15. The van der Waals surface area contributed by atoms with Crippen molar-refractivity contribution in [2.24, 2.45) is 0 Å². The molecule has 0 saturated heterocycles. The predicted molar refractivity (Wildman–Crippen MR) is 69.9 cm³/mol. The molecule has 0 aromatic rings. The lowest BCUT2D eigenvalue weighted by Gasteiger charge is -2.39. The van der Waals surface area contributed by atoms with Crippen LogP contribution in [0.5, 0.6) is 0 Å². The maximum Gasteiger partial charge on any atom is 0.137 e. The van der Waals surface area contributed by atoms with Gasteiger partial charge in [0.25, 0.3) is 0 Å². The second-order valence-electron chi connectivity index (χ2n) is 3.88. The topological polar surface area (TPSA) is 58.6 Å². The maximum atomic E-state index is 5.44. The van der Waals surface area contributed by atoms with Gasteiger partial charge in [0.15, 0.2) is 0 Å². The third-order valence-electron chi connectivity index (χ3n) is 2.74. The minimum absolute atomic E-state index is 0.329. The molecule has 0 aliphatic heterocycles. The van der Waals surface area contributed by atoms with Crippen LogP contribution in [0.1, 0.15) is 0 Å². The van der Waals surface area contributed by atoms with E-state index in [4.69, 9.17) is 28.4 Å². The van der Waals surface area contributed by atoms with Gasteiger partial charge in [-0.05, 0) is 0 Å². The van der Waals surface area contributed by atoms with Crippen molar-refractivity contribution < 1.29 is 28.4 Å². The molecule has 0 aromatic carbocycles. The Morgan fingerprint density at radius 3 is 1.00 bits per heavy atom. The van der Waals surface area contributed by atoms with Crippen LogP contribution in [0.25, 0.3) is 0 Å². The average Bonchev–Trinajstić information content (AvgIpc) is 2.43. The SMILES string of the molecule is COCC(OC)N(C(COC)OC)C(COC)OC.